The minimum Gasteiger partial charge on any atom is -0.391 e. The summed E-state index contributed by atoms with van der Waals surface area (Å²) >= 11 is 0. The smallest absolute Gasteiger partial charge is 0.205 e. The number of aliphatic hydroxyl groups is 1. The Morgan fingerprint density at radius 2 is 2.06 bits per heavy atom. The summed E-state index contributed by atoms with van der Waals surface area (Å²) in [4.78, 5) is 11.6. The first-order valence-corrected chi connectivity index (χ1v) is 11.7. The van der Waals surface area contributed by atoms with Crippen LogP contribution >= 0.6 is 0 Å². The molecule has 0 unspecified atom stereocenters. The molecule has 2 aromatic heterocycles. The highest BCUT2D eigenvalue weighted by atomic mass is 19.1. The van der Waals surface area contributed by atoms with Crippen molar-refractivity contribution in [3.05, 3.63) is 76.9 Å². The molecule has 0 spiro atoms. The molecule has 0 radical (unpaired) electrons. The van der Waals surface area contributed by atoms with Crippen LogP contribution in [0, 0.1) is 23.0 Å². The fraction of sp³-hybridized carbons (Fsp3) is 0.346. The van der Waals surface area contributed by atoms with Crippen LogP contribution in [0.5, 0.6) is 0 Å². The number of allylic oxidation sites excluding steroid dienone is 1. The summed E-state index contributed by atoms with van der Waals surface area (Å²) < 4.78 is 33.7. The molecule has 0 aliphatic heterocycles. The van der Waals surface area contributed by atoms with Crippen LogP contribution in [0.4, 0.5) is 20.4 Å². The van der Waals surface area contributed by atoms with Gasteiger partial charge in [-0.15, -0.1) is 0 Å². The number of nitrogens with two attached hydrogens (primary N) is 1. The second-order valence-corrected chi connectivity index (χ2v) is 9.19. The van der Waals surface area contributed by atoms with E-state index in [2.05, 4.69) is 20.3 Å². The van der Waals surface area contributed by atoms with Crippen molar-refractivity contribution in [3.8, 4) is 0 Å². The number of hydrogen-bond donors (Lipinski definition) is 5. The first-order chi connectivity index (χ1) is 17.3. The largest absolute Gasteiger partial charge is 0.391 e. The third kappa shape index (κ3) is 5.67. The van der Waals surface area contributed by atoms with Gasteiger partial charge in [-0.3, -0.25) is 4.98 Å². The van der Waals surface area contributed by atoms with Crippen LogP contribution in [0.15, 0.2) is 42.9 Å². The minimum atomic E-state index is -0.822. The number of nitrogens with one attached hydrogen (secondary N) is 3. The second-order valence-electron chi connectivity index (χ2n) is 9.19. The number of hydrogen-bond acceptors (Lipinski definition) is 7. The van der Waals surface area contributed by atoms with Gasteiger partial charge in [0.25, 0.3) is 0 Å². The molecule has 2 heterocycles. The van der Waals surface area contributed by atoms with E-state index < -0.39 is 23.3 Å². The summed E-state index contributed by atoms with van der Waals surface area (Å²) in [5.41, 5.74) is 8.15. The number of benzene rings is 1. The molecule has 4 rings (SSSR count). The van der Waals surface area contributed by atoms with Gasteiger partial charge in [0.1, 0.15) is 11.6 Å². The molecule has 1 aromatic carbocycles. The van der Waals surface area contributed by atoms with Gasteiger partial charge < -0.3 is 31.3 Å². The van der Waals surface area contributed by atoms with Gasteiger partial charge in [0.2, 0.25) is 5.95 Å². The summed E-state index contributed by atoms with van der Waals surface area (Å²) in [6.45, 7) is 2.08. The standard InChI is InChI=1S/C26H30F2N6O2/c1-14-7-16(10-22(30)25(14)35)18-5-6-31-12-23(18)34-26-32-11-17(33-26)3-4-21(29)24-19(27)8-15(13-36-2)9-20(24)28/h3-6,8-9,11-12,14,16,22,25,29,35H,7,10,13,30H2,1-2H3,(H2,32,33,34)/b4-3-,29-21?/t14-,16+,22+,25+/m0/s1. The summed E-state index contributed by atoms with van der Waals surface area (Å²) in [6.07, 6.45) is 8.77. The van der Waals surface area contributed by atoms with E-state index in [9.17, 15) is 13.9 Å². The molecule has 1 saturated carbocycles. The molecule has 190 valence electrons. The highest BCUT2D eigenvalue weighted by Gasteiger charge is 2.33. The Kier molecular flexibility index (Phi) is 7.88. The zero-order valence-electron chi connectivity index (χ0n) is 20.1. The van der Waals surface area contributed by atoms with Crippen molar-refractivity contribution in [1.29, 1.82) is 5.41 Å². The highest BCUT2D eigenvalue weighted by molar-refractivity contribution is 6.09. The fourth-order valence-corrected chi connectivity index (χ4v) is 4.69. The summed E-state index contributed by atoms with van der Waals surface area (Å²) in [6, 6.07) is 3.97. The van der Waals surface area contributed by atoms with Gasteiger partial charge in [0.05, 0.1) is 47.8 Å². The Labute approximate surface area is 208 Å². The van der Waals surface area contributed by atoms with Gasteiger partial charge in [0, 0.05) is 19.3 Å². The van der Waals surface area contributed by atoms with E-state index in [0.29, 0.717) is 23.6 Å². The number of nitrogens with zero attached hydrogens (tertiary/aromatic N) is 2. The Hall–Kier alpha value is -3.47. The van der Waals surface area contributed by atoms with Crippen LogP contribution in [-0.4, -0.2) is 45.0 Å². The number of imidazole rings is 1. The van der Waals surface area contributed by atoms with Gasteiger partial charge in [-0.25, -0.2) is 13.8 Å². The first kappa shape index (κ1) is 25.6. The van der Waals surface area contributed by atoms with E-state index in [4.69, 9.17) is 15.9 Å². The van der Waals surface area contributed by atoms with Crippen molar-refractivity contribution < 1.29 is 18.6 Å². The predicted octanol–water partition coefficient (Wildman–Crippen LogP) is 4.26. The van der Waals surface area contributed by atoms with E-state index in [-0.39, 0.29) is 30.2 Å². The molecule has 6 N–H and O–H groups in total. The number of methoxy groups -OCH3 is 1. The van der Waals surface area contributed by atoms with Gasteiger partial charge in [-0.2, -0.15) is 0 Å². The predicted molar refractivity (Wildman–Crippen MR) is 134 cm³/mol. The monoisotopic (exact) mass is 496 g/mol. The number of H-pyrrole nitrogens is 1. The van der Waals surface area contributed by atoms with Crippen molar-refractivity contribution in [2.24, 2.45) is 11.7 Å². The second kappa shape index (κ2) is 11.1. The van der Waals surface area contributed by atoms with Gasteiger partial charge in [-0.1, -0.05) is 6.92 Å². The Bertz CT molecular complexity index is 1230. The average Bonchev–Trinajstić information content (AvgIpc) is 3.28. The molecule has 0 saturated heterocycles. The Morgan fingerprint density at radius 3 is 2.75 bits per heavy atom. The highest BCUT2D eigenvalue weighted by Crippen LogP contribution is 2.39. The van der Waals surface area contributed by atoms with E-state index in [1.54, 1.807) is 18.6 Å². The fourth-order valence-electron chi connectivity index (χ4n) is 4.69. The maximum Gasteiger partial charge on any atom is 0.205 e. The van der Waals surface area contributed by atoms with Crippen molar-refractivity contribution >= 4 is 23.4 Å². The van der Waals surface area contributed by atoms with Gasteiger partial charge in [-0.05, 0) is 66.2 Å². The molecule has 0 bridgehead atoms. The molecule has 4 atom stereocenters. The quantitative estimate of drug-likeness (QED) is 0.296. The van der Waals surface area contributed by atoms with Crippen molar-refractivity contribution in [2.45, 2.75) is 44.4 Å². The van der Waals surface area contributed by atoms with Crippen LogP contribution in [-0.2, 0) is 11.3 Å². The summed E-state index contributed by atoms with van der Waals surface area (Å²) in [5.74, 6) is -0.945. The van der Waals surface area contributed by atoms with Crippen molar-refractivity contribution in [3.63, 3.8) is 0 Å². The van der Waals surface area contributed by atoms with Crippen LogP contribution < -0.4 is 11.1 Å². The number of halogens is 2. The molecular formula is C26H30F2N6O2. The molecule has 8 nitrogen and oxygen atoms in total. The van der Waals surface area contributed by atoms with E-state index in [1.165, 1.54) is 19.3 Å². The average molecular weight is 497 g/mol. The number of ether oxygens (including phenoxy) is 1. The molecule has 36 heavy (non-hydrogen) atoms. The molecule has 3 aromatic rings. The Balaban J connectivity index is 1.47. The number of aromatic amines is 1. The SMILES string of the molecule is COCc1cc(F)c(C(=N)/C=C\c2cnc(Nc3cnccc3[C@H]3C[C@@H](N)[C@H](O)[C@@H](C)C3)[nH]2)c(F)c1. The zero-order chi connectivity index (χ0) is 25.8. The van der Waals surface area contributed by atoms with Crippen LogP contribution in [0.1, 0.15) is 48.1 Å². The van der Waals surface area contributed by atoms with E-state index >= 15 is 0 Å². The van der Waals surface area contributed by atoms with Crippen LogP contribution in [0.25, 0.3) is 6.08 Å². The molecular weight excluding hydrogens is 466 g/mol. The number of aliphatic hydroxyl groups excluding tert-OH is 1. The van der Waals surface area contributed by atoms with Gasteiger partial charge in [0.15, 0.2) is 0 Å². The molecule has 1 fully saturated rings. The number of anilines is 2. The van der Waals surface area contributed by atoms with Gasteiger partial charge >= 0.3 is 0 Å². The molecule has 1 aliphatic carbocycles. The lowest BCUT2D eigenvalue weighted by molar-refractivity contribution is 0.0521. The van der Waals surface area contributed by atoms with Crippen molar-refractivity contribution in [1.82, 2.24) is 15.0 Å². The number of pyridine rings is 1. The zero-order valence-corrected chi connectivity index (χ0v) is 20.1. The van der Waals surface area contributed by atoms with E-state index in [0.717, 1.165) is 29.8 Å². The summed E-state index contributed by atoms with van der Waals surface area (Å²) in [5, 5.41) is 21.6. The van der Waals surface area contributed by atoms with Crippen LogP contribution in [0.2, 0.25) is 0 Å². The molecule has 0 amide bonds. The summed E-state index contributed by atoms with van der Waals surface area (Å²) in [7, 11) is 1.44. The number of rotatable bonds is 8. The number of aromatic nitrogens is 3. The molecule has 1 aliphatic rings. The van der Waals surface area contributed by atoms with E-state index in [1.807, 2.05) is 13.0 Å². The lowest BCUT2D eigenvalue weighted by Gasteiger charge is -2.36. The third-order valence-corrected chi connectivity index (χ3v) is 6.49. The maximum absolute atomic E-state index is 14.4. The Morgan fingerprint density at radius 1 is 1.31 bits per heavy atom. The van der Waals surface area contributed by atoms with Crippen LogP contribution in [0.3, 0.4) is 0 Å². The molecule has 10 heteroatoms. The van der Waals surface area contributed by atoms with Crippen molar-refractivity contribution in [2.75, 3.05) is 12.4 Å². The topological polar surface area (TPSA) is 133 Å². The third-order valence-electron chi connectivity index (χ3n) is 6.49. The lowest BCUT2D eigenvalue weighted by Crippen LogP contribution is -2.44. The minimum absolute atomic E-state index is 0.0778. The first-order valence-electron chi connectivity index (χ1n) is 11.7. The maximum atomic E-state index is 14.4. The lowest BCUT2D eigenvalue weighted by atomic mass is 9.74. The normalized spacial score (nSPS) is 22.2.